The quantitative estimate of drug-likeness (QED) is 0.267. The molecule has 44 valence electrons. The van der Waals surface area contributed by atoms with Crippen LogP contribution in [0.25, 0.3) is 0 Å². The fourth-order valence-corrected chi connectivity index (χ4v) is 0.996. The molecule has 8 heavy (non-hydrogen) atoms. The van der Waals surface area contributed by atoms with E-state index in [1.165, 1.54) is 10.6 Å². The van der Waals surface area contributed by atoms with Gasteiger partial charge in [-0.15, -0.1) is 0 Å². The van der Waals surface area contributed by atoms with Crippen LogP contribution >= 0.6 is 0 Å². The van der Waals surface area contributed by atoms with Crippen molar-refractivity contribution in [3.05, 3.63) is 25.3 Å². The van der Waals surface area contributed by atoms with Gasteiger partial charge in [-0.25, -0.2) is 0 Å². The first-order chi connectivity index (χ1) is 3.41. The SMILES string of the molecule is C=C[CH2][Al+][CH2]C=C.[Cl-]. The van der Waals surface area contributed by atoms with Gasteiger partial charge < -0.3 is 12.4 Å². The fourth-order valence-electron chi connectivity index (χ4n) is 0.332. The maximum atomic E-state index is 3.62. The molecular formula is C6H10AlCl. The average Bonchev–Trinajstić information content (AvgIpc) is 1.69. The predicted octanol–water partition coefficient (Wildman–Crippen LogP) is -1.10. The van der Waals surface area contributed by atoms with Crippen LogP contribution in [0.15, 0.2) is 25.3 Å². The van der Waals surface area contributed by atoms with Crippen molar-refractivity contribution in [1.82, 2.24) is 0 Å². The van der Waals surface area contributed by atoms with E-state index in [-0.39, 0.29) is 12.4 Å². The Balaban J connectivity index is 0. The molecule has 0 saturated carbocycles. The third-order valence-electron chi connectivity index (χ3n) is 0.667. The monoisotopic (exact) mass is 144 g/mol. The maximum Gasteiger partial charge on any atom is -1.00 e. The summed E-state index contributed by atoms with van der Waals surface area (Å²) in [4.78, 5) is 0. The zero-order valence-corrected chi connectivity index (χ0v) is 6.85. The Kier molecular flexibility index (Phi) is 14.4. The summed E-state index contributed by atoms with van der Waals surface area (Å²) in [7, 11) is 0. The van der Waals surface area contributed by atoms with Gasteiger partial charge in [0.25, 0.3) is 0 Å². The molecule has 0 amide bonds. The first-order valence-corrected chi connectivity index (χ1v) is 4.08. The number of hydrogen-bond donors (Lipinski definition) is 0. The Morgan fingerprint density at radius 1 is 1.12 bits per heavy atom. The van der Waals surface area contributed by atoms with Gasteiger partial charge >= 0.3 is 51.1 Å². The molecule has 0 fully saturated rings. The van der Waals surface area contributed by atoms with Gasteiger partial charge in [0.05, 0.1) is 0 Å². The van der Waals surface area contributed by atoms with Crippen molar-refractivity contribution in [1.29, 1.82) is 0 Å². The predicted molar refractivity (Wildman–Crippen MR) is 35.8 cm³/mol. The van der Waals surface area contributed by atoms with E-state index in [1.807, 2.05) is 12.2 Å². The molecule has 0 aromatic heterocycles. The van der Waals surface area contributed by atoms with Gasteiger partial charge in [0, 0.05) is 0 Å². The minimum atomic E-state index is 0. The van der Waals surface area contributed by atoms with Crippen LogP contribution in [0.1, 0.15) is 0 Å². The summed E-state index contributed by atoms with van der Waals surface area (Å²) in [6.45, 7) is 7.24. The van der Waals surface area contributed by atoms with Crippen molar-refractivity contribution < 1.29 is 12.4 Å². The Morgan fingerprint density at radius 3 is 1.75 bits per heavy atom. The Labute approximate surface area is 63.8 Å². The summed E-state index contributed by atoms with van der Waals surface area (Å²) in [5.41, 5.74) is 0. The summed E-state index contributed by atoms with van der Waals surface area (Å²) in [6, 6.07) is 0. The number of halogens is 1. The molecule has 0 rings (SSSR count). The normalized spacial score (nSPS) is 6.00. The zero-order chi connectivity index (χ0) is 5.54. The number of rotatable bonds is 4. The second kappa shape index (κ2) is 10.3. The van der Waals surface area contributed by atoms with E-state index in [9.17, 15) is 0 Å². The zero-order valence-electron chi connectivity index (χ0n) is 4.94. The molecule has 0 atom stereocenters. The second-order valence-corrected chi connectivity index (χ2v) is 2.86. The molecule has 0 nitrogen and oxygen atoms in total. The number of allylic oxidation sites excluding steroid dienone is 2. The van der Waals surface area contributed by atoms with Gasteiger partial charge in [-0.3, -0.25) is 0 Å². The Hall–Kier alpha value is 0.302. The topological polar surface area (TPSA) is 0 Å². The molecule has 0 saturated heterocycles. The van der Waals surface area contributed by atoms with Crippen molar-refractivity contribution >= 4 is 15.2 Å². The van der Waals surface area contributed by atoms with E-state index in [0.717, 1.165) is 0 Å². The van der Waals surface area contributed by atoms with E-state index in [0.29, 0.717) is 15.2 Å². The van der Waals surface area contributed by atoms with Crippen LogP contribution in [0.5, 0.6) is 0 Å². The van der Waals surface area contributed by atoms with Gasteiger partial charge in [-0.2, -0.15) is 0 Å². The summed E-state index contributed by atoms with van der Waals surface area (Å²) in [5.74, 6) is 0. The maximum absolute atomic E-state index is 3.62. The Bertz CT molecular complexity index is 53.5. The van der Waals surface area contributed by atoms with E-state index in [1.54, 1.807) is 0 Å². The summed E-state index contributed by atoms with van der Waals surface area (Å²) in [5, 5.41) is 2.40. The summed E-state index contributed by atoms with van der Waals surface area (Å²) in [6.07, 6.45) is 3.94. The van der Waals surface area contributed by atoms with Gasteiger partial charge in [-0.05, 0) is 0 Å². The van der Waals surface area contributed by atoms with E-state index < -0.39 is 0 Å². The van der Waals surface area contributed by atoms with E-state index in [4.69, 9.17) is 0 Å². The van der Waals surface area contributed by atoms with Crippen molar-refractivity contribution in [2.45, 2.75) is 10.6 Å². The van der Waals surface area contributed by atoms with Crippen molar-refractivity contribution in [3.63, 3.8) is 0 Å². The Morgan fingerprint density at radius 2 is 1.50 bits per heavy atom. The largest absolute Gasteiger partial charge is 1.00 e. The van der Waals surface area contributed by atoms with Gasteiger partial charge in [0.15, 0.2) is 0 Å². The van der Waals surface area contributed by atoms with Gasteiger partial charge in [0.1, 0.15) is 0 Å². The third kappa shape index (κ3) is 9.57. The van der Waals surface area contributed by atoms with Crippen molar-refractivity contribution in [3.8, 4) is 0 Å². The first-order valence-electron chi connectivity index (χ1n) is 2.45. The first kappa shape index (κ1) is 11.1. The minimum absolute atomic E-state index is 0. The fraction of sp³-hybridized carbons (Fsp3) is 0.333. The molecule has 0 aliphatic rings. The standard InChI is InChI=1S/2C3H5.Al.ClH/c2*1-3-2;;/h2*3H,1-2H2;;1H/q;;+1;/p-1. The summed E-state index contributed by atoms with van der Waals surface area (Å²) >= 11 is 0.586. The van der Waals surface area contributed by atoms with Gasteiger partial charge in [-0.1, -0.05) is 0 Å². The van der Waals surface area contributed by atoms with E-state index in [2.05, 4.69) is 13.2 Å². The summed E-state index contributed by atoms with van der Waals surface area (Å²) < 4.78 is 0. The molecule has 0 radical (unpaired) electrons. The molecule has 0 aromatic carbocycles. The van der Waals surface area contributed by atoms with Crippen molar-refractivity contribution in [2.75, 3.05) is 0 Å². The van der Waals surface area contributed by atoms with Crippen LogP contribution in [0, 0.1) is 0 Å². The molecule has 0 unspecified atom stereocenters. The smallest absolute Gasteiger partial charge is 1.00 e. The third-order valence-corrected chi connectivity index (χ3v) is 2.00. The average molecular weight is 145 g/mol. The van der Waals surface area contributed by atoms with Crippen LogP contribution in [-0.4, -0.2) is 15.2 Å². The van der Waals surface area contributed by atoms with Crippen LogP contribution in [-0.2, 0) is 0 Å². The van der Waals surface area contributed by atoms with Gasteiger partial charge in [0.2, 0.25) is 0 Å². The molecule has 0 aliphatic heterocycles. The molecular weight excluding hydrogens is 135 g/mol. The molecule has 2 heteroatoms. The van der Waals surface area contributed by atoms with Crippen LogP contribution in [0.2, 0.25) is 10.6 Å². The molecule has 0 N–H and O–H groups in total. The molecule has 0 spiro atoms. The molecule has 0 heterocycles. The van der Waals surface area contributed by atoms with Crippen LogP contribution in [0.3, 0.4) is 0 Å². The molecule has 0 aliphatic carbocycles. The van der Waals surface area contributed by atoms with Crippen LogP contribution < -0.4 is 12.4 Å². The minimum Gasteiger partial charge on any atom is -1.00 e. The van der Waals surface area contributed by atoms with E-state index >= 15 is 0 Å². The molecule has 0 aromatic rings. The second-order valence-electron chi connectivity index (χ2n) is 1.34. The molecule has 0 bridgehead atoms. The number of hydrogen-bond acceptors (Lipinski definition) is 0. The van der Waals surface area contributed by atoms with Crippen LogP contribution in [0.4, 0.5) is 0 Å². The van der Waals surface area contributed by atoms with Crippen molar-refractivity contribution in [2.24, 2.45) is 0 Å².